The molecule has 19 heavy (non-hydrogen) atoms. The van der Waals surface area contributed by atoms with Crippen LogP contribution in [0.25, 0.3) is 0 Å². The van der Waals surface area contributed by atoms with E-state index in [2.05, 4.69) is 14.7 Å². The summed E-state index contributed by atoms with van der Waals surface area (Å²) in [6, 6.07) is -1.18. The van der Waals surface area contributed by atoms with Crippen LogP contribution in [0.1, 0.15) is 26.0 Å². The average Bonchev–Trinajstić information content (AvgIpc) is 2.78. The number of rotatable bonds is 8. The molecule has 0 spiro atoms. The smallest absolute Gasteiger partial charge is 0.322 e. The van der Waals surface area contributed by atoms with Crippen LogP contribution in [0.3, 0.4) is 0 Å². The van der Waals surface area contributed by atoms with Crippen LogP contribution >= 0.6 is 0 Å². The number of hydrogen-bond acceptors (Lipinski definition) is 4. The van der Waals surface area contributed by atoms with Crippen molar-refractivity contribution in [2.24, 2.45) is 5.92 Å². The fourth-order valence-corrected chi connectivity index (χ4v) is 2.98. The summed E-state index contributed by atoms with van der Waals surface area (Å²) in [5.74, 6) is -1.03. The zero-order chi connectivity index (χ0) is 14.5. The second-order valence-corrected chi connectivity index (χ2v) is 6.66. The third-order valence-electron chi connectivity index (χ3n) is 2.56. The summed E-state index contributed by atoms with van der Waals surface area (Å²) >= 11 is 0. The minimum absolute atomic E-state index is 0.0379. The molecule has 0 saturated heterocycles. The quantitative estimate of drug-likeness (QED) is 0.640. The first-order valence-electron chi connectivity index (χ1n) is 6.00. The Kier molecular flexibility index (Phi) is 5.49. The van der Waals surface area contributed by atoms with Gasteiger partial charge < -0.3 is 10.1 Å². The Labute approximate surface area is 112 Å². The van der Waals surface area contributed by atoms with Crippen molar-refractivity contribution in [2.75, 3.05) is 5.75 Å². The normalized spacial score (nSPS) is 13.6. The van der Waals surface area contributed by atoms with Crippen molar-refractivity contribution in [2.45, 2.75) is 32.7 Å². The van der Waals surface area contributed by atoms with E-state index >= 15 is 0 Å². The largest absolute Gasteiger partial charge is 0.480 e. The van der Waals surface area contributed by atoms with Gasteiger partial charge in [0.1, 0.15) is 6.04 Å². The van der Waals surface area contributed by atoms with E-state index in [-0.39, 0.29) is 18.1 Å². The summed E-state index contributed by atoms with van der Waals surface area (Å²) in [6.07, 6.45) is 3.42. The topological polar surface area (TPSA) is 112 Å². The minimum Gasteiger partial charge on any atom is -0.480 e. The lowest BCUT2D eigenvalue weighted by atomic mass is 10.2. The van der Waals surface area contributed by atoms with Gasteiger partial charge in [0, 0.05) is 18.3 Å². The molecule has 3 N–H and O–H groups in total. The lowest BCUT2D eigenvalue weighted by Gasteiger charge is -2.14. The number of aliphatic carboxylic acids is 1. The number of carboxylic acid groups (broad SMARTS) is 1. The van der Waals surface area contributed by atoms with Crippen molar-refractivity contribution in [1.29, 1.82) is 0 Å². The third-order valence-corrected chi connectivity index (χ3v) is 3.98. The highest BCUT2D eigenvalue weighted by molar-refractivity contribution is 7.89. The van der Waals surface area contributed by atoms with E-state index in [1.54, 1.807) is 0 Å². The third kappa shape index (κ3) is 5.84. The molecular weight excluding hydrogens is 270 g/mol. The average molecular weight is 289 g/mol. The lowest BCUT2D eigenvalue weighted by molar-refractivity contribution is -0.138. The van der Waals surface area contributed by atoms with E-state index in [1.165, 1.54) is 12.5 Å². The predicted molar refractivity (Wildman–Crippen MR) is 70.1 cm³/mol. The highest BCUT2D eigenvalue weighted by atomic mass is 32.2. The molecule has 108 valence electrons. The Bertz CT molecular complexity index is 496. The molecule has 1 aromatic heterocycles. The van der Waals surface area contributed by atoms with E-state index in [1.807, 2.05) is 13.8 Å². The number of H-pyrrole nitrogens is 1. The number of aromatic amines is 1. The number of carbonyl (C=O) groups is 1. The number of imidazole rings is 1. The standard InChI is InChI=1S/C11H19N3O4S/c1-8(2)3-4-19(17,18)14-10(11(15)16)5-9-6-12-7-13-9/h6-8,10,14H,3-5H2,1-2H3,(H,12,13)(H,15,16). The van der Waals surface area contributed by atoms with Gasteiger partial charge in [0.15, 0.2) is 0 Å². The monoisotopic (exact) mass is 289 g/mol. The SMILES string of the molecule is CC(C)CCS(=O)(=O)NC(Cc1cnc[nH]1)C(=O)O. The van der Waals surface area contributed by atoms with Crippen LogP contribution in [0.5, 0.6) is 0 Å². The van der Waals surface area contributed by atoms with Gasteiger partial charge in [-0.2, -0.15) is 0 Å². The van der Waals surface area contributed by atoms with E-state index in [4.69, 9.17) is 5.11 Å². The van der Waals surface area contributed by atoms with E-state index in [0.29, 0.717) is 12.1 Å². The molecule has 0 aromatic carbocycles. The molecule has 7 nitrogen and oxygen atoms in total. The number of nitrogens with zero attached hydrogens (tertiary/aromatic N) is 1. The zero-order valence-electron chi connectivity index (χ0n) is 11.0. The molecule has 1 heterocycles. The summed E-state index contributed by atoms with van der Waals surface area (Å²) in [5.41, 5.74) is 0.568. The Balaban J connectivity index is 2.65. The fourth-order valence-electron chi connectivity index (χ4n) is 1.46. The zero-order valence-corrected chi connectivity index (χ0v) is 11.8. The van der Waals surface area contributed by atoms with Crippen LogP contribution in [0.2, 0.25) is 0 Å². The Morgan fingerprint density at radius 2 is 2.21 bits per heavy atom. The van der Waals surface area contributed by atoms with E-state index in [9.17, 15) is 13.2 Å². The molecule has 0 saturated carbocycles. The van der Waals surface area contributed by atoms with Crippen LogP contribution in [0, 0.1) is 5.92 Å². The van der Waals surface area contributed by atoms with Gasteiger partial charge in [-0.15, -0.1) is 0 Å². The van der Waals surface area contributed by atoms with Crippen molar-refractivity contribution in [3.8, 4) is 0 Å². The molecule has 0 aliphatic rings. The van der Waals surface area contributed by atoms with E-state index in [0.717, 1.165) is 0 Å². The van der Waals surface area contributed by atoms with Crippen molar-refractivity contribution < 1.29 is 18.3 Å². The van der Waals surface area contributed by atoms with Gasteiger partial charge in [-0.25, -0.2) is 18.1 Å². The van der Waals surface area contributed by atoms with Crippen molar-refractivity contribution in [3.63, 3.8) is 0 Å². The number of sulfonamides is 1. The summed E-state index contributed by atoms with van der Waals surface area (Å²) in [7, 11) is -3.59. The van der Waals surface area contributed by atoms with Crippen LogP contribution in [0.15, 0.2) is 12.5 Å². The van der Waals surface area contributed by atoms with Crippen molar-refractivity contribution >= 4 is 16.0 Å². The van der Waals surface area contributed by atoms with E-state index < -0.39 is 22.0 Å². The lowest BCUT2D eigenvalue weighted by Crippen LogP contribution is -2.43. The number of aromatic nitrogens is 2. The minimum atomic E-state index is -3.59. The van der Waals surface area contributed by atoms with Crippen molar-refractivity contribution in [3.05, 3.63) is 18.2 Å². The molecule has 1 unspecified atom stereocenters. The van der Waals surface area contributed by atoms with Crippen LogP contribution < -0.4 is 4.72 Å². The number of hydrogen-bond donors (Lipinski definition) is 3. The molecule has 1 atom stereocenters. The summed E-state index contributed by atoms with van der Waals surface area (Å²) in [5, 5.41) is 9.05. The van der Waals surface area contributed by atoms with Gasteiger partial charge in [-0.05, 0) is 12.3 Å². The molecular formula is C11H19N3O4S. The first-order chi connectivity index (χ1) is 8.80. The highest BCUT2D eigenvalue weighted by Gasteiger charge is 2.24. The molecule has 0 aliphatic heterocycles. The van der Waals surface area contributed by atoms with Crippen LogP contribution in [-0.2, 0) is 21.2 Å². The number of carboxylic acids is 1. The van der Waals surface area contributed by atoms with Gasteiger partial charge in [-0.1, -0.05) is 13.8 Å². The second kappa shape index (κ2) is 6.67. The van der Waals surface area contributed by atoms with Crippen LogP contribution in [-0.4, -0.2) is 41.3 Å². The first-order valence-corrected chi connectivity index (χ1v) is 7.65. The van der Waals surface area contributed by atoms with Gasteiger partial charge in [-0.3, -0.25) is 4.79 Å². The van der Waals surface area contributed by atoms with Gasteiger partial charge in [0.25, 0.3) is 0 Å². The molecule has 0 bridgehead atoms. The Morgan fingerprint density at radius 3 is 2.68 bits per heavy atom. The highest BCUT2D eigenvalue weighted by Crippen LogP contribution is 2.05. The summed E-state index contributed by atoms with van der Waals surface area (Å²) in [4.78, 5) is 17.6. The molecule has 8 heteroatoms. The second-order valence-electron chi connectivity index (χ2n) is 4.79. The fraction of sp³-hybridized carbons (Fsp3) is 0.636. The maximum absolute atomic E-state index is 11.8. The summed E-state index contributed by atoms with van der Waals surface area (Å²) < 4.78 is 25.8. The molecule has 1 rings (SSSR count). The summed E-state index contributed by atoms with van der Waals surface area (Å²) in [6.45, 7) is 3.82. The maximum Gasteiger partial charge on any atom is 0.322 e. The van der Waals surface area contributed by atoms with Gasteiger partial charge in [0.2, 0.25) is 10.0 Å². The maximum atomic E-state index is 11.8. The Morgan fingerprint density at radius 1 is 1.53 bits per heavy atom. The molecule has 0 aliphatic carbocycles. The van der Waals surface area contributed by atoms with Crippen molar-refractivity contribution in [1.82, 2.24) is 14.7 Å². The molecule has 1 aromatic rings. The molecule has 0 amide bonds. The predicted octanol–water partition coefficient (Wildman–Crippen LogP) is 0.371. The van der Waals surface area contributed by atoms with Gasteiger partial charge >= 0.3 is 5.97 Å². The Hall–Kier alpha value is -1.41. The van der Waals surface area contributed by atoms with Crippen LogP contribution in [0.4, 0.5) is 0 Å². The van der Waals surface area contributed by atoms with Gasteiger partial charge in [0.05, 0.1) is 12.1 Å². The molecule has 0 radical (unpaired) electrons. The molecule has 0 fully saturated rings. The first kappa shape index (κ1) is 15.6. The number of nitrogens with one attached hydrogen (secondary N) is 2.